The number of nitrogens with two attached hydrogens (primary N) is 1. The molecule has 3 aromatic rings. The fourth-order valence-electron chi connectivity index (χ4n) is 3.86. The average molecular weight is 493 g/mol. The fourth-order valence-corrected chi connectivity index (χ4v) is 4.37. The van der Waals surface area contributed by atoms with Crippen LogP contribution in [0.25, 0.3) is 5.76 Å². The Morgan fingerprint density at radius 2 is 1.54 bits per heavy atom. The van der Waals surface area contributed by atoms with Crippen LogP contribution in [0.2, 0.25) is 0 Å². The Balaban J connectivity index is 1.92. The zero-order valence-electron chi connectivity index (χ0n) is 18.3. The Hall–Kier alpha value is -4.35. The van der Waals surface area contributed by atoms with Crippen LogP contribution in [0.1, 0.15) is 22.7 Å². The van der Waals surface area contributed by atoms with Crippen LogP contribution >= 0.6 is 0 Å². The molecule has 1 heterocycles. The number of sulfonamides is 1. The lowest BCUT2D eigenvalue weighted by molar-refractivity contribution is -0.384. The van der Waals surface area contributed by atoms with E-state index in [2.05, 4.69) is 0 Å². The van der Waals surface area contributed by atoms with Crippen molar-refractivity contribution in [2.45, 2.75) is 17.9 Å². The summed E-state index contributed by atoms with van der Waals surface area (Å²) in [6.07, 6.45) is 0. The van der Waals surface area contributed by atoms with E-state index in [9.17, 15) is 33.2 Å². The van der Waals surface area contributed by atoms with E-state index in [-0.39, 0.29) is 21.8 Å². The molecule has 3 aromatic carbocycles. The van der Waals surface area contributed by atoms with E-state index in [0.29, 0.717) is 11.1 Å². The van der Waals surface area contributed by atoms with Gasteiger partial charge >= 0.3 is 0 Å². The SMILES string of the molecule is Cc1ccc(C(O)=C2C(=O)C(=O)N(c3ccc(S(N)(=O)=O)cc3)[C@@H]2c2ccc([N+](=O)[O-])cc2)cc1. The van der Waals surface area contributed by atoms with Gasteiger partial charge in [-0.1, -0.05) is 29.8 Å². The number of anilines is 1. The minimum Gasteiger partial charge on any atom is -0.507 e. The third kappa shape index (κ3) is 4.42. The zero-order valence-corrected chi connectivity index (χ0v) is 19.1. The number of aryl methyl sites for hydroxylation is 1. The minimum atomic E-state index is -3.99. The normalized spacial score (nSPS) is 17.5. The molecule has 0 unspecified atom stereocenters. The minimum absolute atomic E-state index is 0.172. The van der Waals surface area contributed by atoms with Gasteiger partial charge in [0.25, 0.3) is 17.4 Å². The lowest BCUT2D eigenvalue weighted by atomic mass is 9.94. The van der Waals surface area contributed by atoms with E-state index in [1.807, 2.05) is 6.92 Å². The number of carbonyl (C=O) groups is 2. The van der Waals surface area contributed by atoms with Crippen molar-refractivity contribution in [2.75, 3.05) is 4.90 Å². The molecule has 0 radical (unpaired) electrons. The summed E-state index contributed by atoms with van der Waals surface area (Å²) in [7, 11) is -3.99. The highest BCUT2D eigenvalue weighted by Crippen LogP contribution is 2.42. The predicted molar refractivity (Wildman–Crippen MR) is 127 cm³/mol. The van der Waals surface area contributed by atoms with Crippen molar-refractivity contribution >= 4 is 38.8 Å². The molecule has 0 aliphatic carbocycles. The third-order valence-electron chi connectivity index (χ3n) is 5.63. The number of benzene rings is 3. The summed E-state index contributed by atoms with van der Waals surface area (Å²) >= 11 is 0. The summed E-state index contributed by atoms with van der Waals surface area (Å²) in [4.78, 5) is 37.7. The second-order valence-corrected chi connectivity index (χ2v) is 9.48. The number of primary sulfonamides is 1. The smallest absolute Gasteiger partial charge is 0.300 e. The quantitative estimate of drug-likeness (QED) is 0.181. The van der Waals surface area contributed by atoms with Crippen LogP contribution in [0.4, 0.5) is 11.4 Å². The first-order valence-electron chi connectivity index (χ1n) is 10.2. The number of ketones is 1. The number of hydrogen-bond acceptors (Lipinski definition) is 7. The maximum Gasteiger partial charge on any atom is 0.300 e. The molecule has 0 aromatic heterocycles. The van der Waals surface area contributed by atoms with Crippen LogP contribution in [0.3, 0.4) is 0 Å². The molecule has 3 N–H and O–H groups in total. The Morgan fingerprint density at radius 3 is 2.06 bits per heavy atom. The lowest BCUT2D eigenvalue weighted by Crippen LogP contribution is -2.29. The number of nitro benzene ring substituents is 1. The molecule has 1 saturated heterocycles. The highest BCUT2D eigenvalue weighted by Gasteiger charge is 2.47. The number of nitrogens with zero attached hydrogens (tertiary/aromatic N) is 2. The summed E-state index contributed by atoms with van der Waals surface area (Å²) in [5.74, 6) is -2.32. The van der Waals surface area contributed by atoms with Crippen LogP contribution in [0.5, 0.6) is 0 Å². The topological polar surface area (TPSA) is 161 Å². The number of nitro groups is 1. The summed E-state index contributed by atoms with van der Waals surface area (Å²) in [5.41, 5.74) is 1.34. The summed E-state index contributed by atoms with van der Waals surface area (Å²) in [5, 5.41) is 27.3. The second-order valence-electron chi connectivity index (χ2n) is 7.92. The monoisotopic (exact) mass is 493 g/mol. The van der Waals surface area contributed by atoms with Gasteiger partial charge in [-0.3, -0.25) is 24.6 Å². The summed E-state index contributed by atoms with van der Waals surface area (Å²) < 4.78 is 23.2. The molecular formula is C24H19N3O7S. The predicted octanol–water partition coefficient (Wildman–Crippen LogP) is 3.18. The Kier molecular flexibility index (Phi) is 5.97. The first-order valence-corrected chi connectivity index (χ1v) is 11.8. The number of carbonyl (C=O) groups excluding carboxylic acids is 2. The average Bonchev–Trinajstić information content (AvgIpc) is 3.09. The second kappa shape index (κ2) is 8.78. The molecule has 11 heteroatoms. The highest BCUT2D eigenvalue weighted by molar-refractivity contribution is 7.89. The number of hydrogen-bond donors (Lipinski definition) is 2. The number of amides is 1. The molecule has 0 saturated carbocycles. The number of rotatable bonds is 5. The van der Waals surface area contributed by atoms with Crippen molar-refractivity contribution in [3.05, 3.63) is 105 Å². The van der Waals surface area contributed by atoms with Crippen LogP contribution in [0, 0.1) is 17.0 Å². The molecule has 1 atom stereocenters. The fraction of sp³-hybridized carbons (Fsp3) is 0.0833. The zero-order chi connectivity index (χ0) is 25.5. The van der Waals surface area contributed by atoms with Crippen LogP contribution in [-0.2, 0) is 19.6 Å². The van der Waals surface area contributed by atoms with Gasteiger partial charge in [0.05, 0.1) is 21.4 Å². The largest absolute Gasteiger partial charge is 0.507 e. The molecule has 35 heavy (non-hydrogen) atoms. The van der Waals surface area contributed by atoms with Crippen molar-refractivity contribution in [1.29, 1.82) is 0 Å². The van der Waals surface area contributed by atoms with E-state index in [1.54, 1.807) is 24.3 Å². The maximum absolute atomic E-state index is 13.1. The van der Waals surface area contributed by atoms with E-state index >= 15 is 0 Å². The molecular weight excluding hydrogens is 474 g/mol. The molecule has 4 rings (SSSR count). The molecule has 0 bridgehead atoms. The molecule has 0 spiro atoms. The van der Waals surface area contributed by atoms with E-state index in [0.717, 1.165) is 10.5 Å². The standard InChI is InChI=1S/C24H19N3O7S/c1-14-2-4-16(5-3-14)22(28)20-21(15-6-8-18(9-7-15)27(31)32)26(24(30)23(20)29)17-10-12-19(13-11-17)35(25,33)34/h2-13,21,28H,1H3,(H2,25,33,34)/t21-/m1/s1. The first-order chi connectivity index (χ1) is 16.5. The summed E-state index contributed by atoms with van der Waals surface area (Å²) in [6, 6.07) is 15.8. The van der Waals surface area contributed by atoms with Gasteiger partial charge in [-0.05, 0) is 48.9 Å². The molecule has 10 nitrogen and oxygen atoms in total. The molecule has 1 aliphatic heterocycles. The van der Waals surface area contributed by atoms with Crippen molar-refractivity contribution in [3.63, 3.8) is 0 Å². The van der Waals surface area contributed by atoms with Gasteiger partial charge in [-0.25, -0.2) is 13.6 Å². The van der Waals surface area contributed by atoms with E-state index in [1.165, 1.54) is 48.5 Å². The number of aliphatic hydroxyl groups is 1. The Bertz CT molecular complexity index is 1480. The van der Waals surface area contributed by atoms with Crippen molar-refractivity contribution in [1.82, 2.24) is 0 Å². The number of non-ortho nitro benzene ring substituents is 1. The van der Waals surface area contributed by atoms with Crippen molar-refractivity contribution in [2.24, 2.45) is 5.14 Å². The molecule has 1 aliphatic rings. The van der Waals surface area contributed by atoms with Crippen molar-refractivity contribution < 1.29 is 28.0 Å². The highest BCUT2D eigenvalue weighted by atomic mass is 32.2. The van der Waals surface area contributed by atoms with Gasteiger partial charge in [0, 0.05) is 23.4 Å². The van der Waals surface area contributed by atoms with Gasteiger partial charge in [0.15, 0.2) is 0 Å². The molecule has 178 valence electrons. The van der Waals surface area contributed by atoms with Gasteiger partial charge in [0.2, 0.25) is 10.0 Å². The van der Waals surface area contributed by atoms with Gasteiger partial charge < -0.3 is 5.11 Å². The molecule has 1 amide bonds. The maximum atomic E-state index is 13.1. The number of aliphatic hydroxyl groups excluding tert-OH is 1. The molecule has 1 fully saturated rings. The van der Waals surface area contributed by atoms with Gasteiger partial charge in [-0.2, -0.15) is 0 Å². The van der Waals surface area contributed by atoms with Crippen LogP contribution in [0.15, 0.2) is 83.3 Å². The van der Waals surface area contributed by atoms with Crippen molar-refractivity contribution in [3.8, 4) is 0 Å². The van der Waals surface area contributed by atoms with E-state index < -0.39 is 38.4 Å². The van der Waals surface area contributed by atoms with Gasteiger partial charge in [-0.15, -0.1) is 0 Å². The van der Waals surface area contributed by atoms with Crippen LogP contribution in [-0.4, -0.2) is 30.1 Å². The third-order valence-corrected chi connectivity index (χ3v) is 6.56. The lowest BCUT2D eigenvalue weighted by Gasteiger charge is -2.25. The Labute approximate surface area is 200 Å². The summed E-state index contributed by atoms with van der Waals surface area (Å²) in [6.45, 7) is 1.85. The van der Waals surface area contributed by atoms with Crippen LogP contribution < -0.4 is 10.0 Å². The Morgan fingerprint density at radius 1 is 0.971 bits per heavy atom. The van der Waals surface area contributed by atoms with Gasteiger partial charge in [0.1, 0.15) is 5.76 Å². The number of Topliss-reactive ketones (excluding diaryl/α,β-unsaturated/α-hetero) is 1. The van der Waals surface area contributed by atoms with E-state index in [4.69, 9.17) is 5.14 Å². The first kappa shape index (κ1) is 23.8.